The summed E-state index contributed by atoms with van der Waals surface area (Å²) in [5.74, 6) is 0.645. The van der Waals surface area contributed by atoms with E-state index in [4.69, 9.17) is 0 Å². The molecule has 3 rings (SSSR count). The molecule has 1 N–H and O–H groups in total. The normalized spacial score (nSPS) is 19.9. The highest BCUT2D eigenvalue weighted by Crippen LogP contribution is 2.34. The van der Waals surface area contributed by atoms with E-state index in [-0.39, 0.29) is 0 Å². The highest BCUT2D eigenvalue weighted by atomic mass is 14.7. The zero-order valence-electron chi connectivity index (χ0n) is 8.25. The van der Waals surface area contributed by atoms with Crippen molar-refractivity contribution in [1.29, 1.82) is 0 Å². The molecular formula is C13H13N. The first-order chi connectivity index (χ1) is 6.86. The van der Waals surface area contributed by atoms with Gasteiger partial charge in [0.2, 0.25) is 0 Å². The second-order valence-corrected chi connectivity index (χ2v) is 4.04. The monoisotopic (exact) mass is 183 g/mol. The maximum Gasteiger partial charge on any atom is 0.0461 e. The summed E-state index contributed by atoms with van der Waals surface area (Å²) in [4.78, 5) is 3.46. The Bertz CT molecular complexity index is 505. The Labute approximate surface area is 83.5 Å². The molecule has 0 amide bonds. The first kappa shape index (κ1) is 7.86. The Hall–Kier alpha value is -1.50. The van der Waals surface area contributed by atoms with Crippen LogP contribution in [0.3, 0.4) is 0 Å². The van der Waals surface area contributed by atoms with Crippen LogP contribution in [-0.2, 0) is 0 Å². The summed E-state index contributed by atoms with van der Waals surface area (Å²) in [7, 11) is 0. The fraction of sp³-hybridized carbons (Fsp3) is 0.231. The SMILES string of the molecule is CC1CC=Cc2[nH]c3ccccc3c21. The molecule has 70 valence electrons. The number of H-pyrrole nitrogens is 1. The average molecular weight is 183 g/mol. The topological polar surface area (TPSA) is 15.8 Å². The largest absolute Gasteiger partial charge is 0.355 e. The Morgan fingerprint density at radius 2 is 2.14 bits per heavy atom. The Morgan fingerprint density at radius 1 is 1.29 bits per heavy atom. The van der Waals surface area contributed by atoms with Gasteiger partial charge in [0.1, 0.15) is 0 Å². The van der Waals surface area contributed by atoms with E-state index in [0.29, 0.717) is 5.92 Å². The van der Waals surface area contributed by atoms with Crippen LogP contribution in [0.2, 0.25) is 0 Å². The Morgan fingerprint density at radius 3 is 3.07 bits per heavy atom. The molecule has 1 unspecified atom stereocenters. The molecule has 1 atom stereocenters. The summed E-state index contributed by atoms with van der Waals surface area (Å²) in [6.45, 7) is 2.29. The van der Waals surface area contributed by atoms with E-state index in [2.05, 4.69) is 48.3 Å². The summed E-state index contributed by atoms with van der Waals surface area (Å²) < 4.78 is 0. The smallest absolute Gasteiger partial charge is 0.0461 e. The van der Waals surface area contributed by atoms with Crippen molar-refractivity contribution in [3.8, 4) is 0 Å². The van der Waals surface area contributed by atoms with Crippen molar-refractivity contribution in [1.82, 2.24) is 4.98 Å². The van der Waals surface area contributed by atoms with E-state index in [0.717, 1.165) is 6.42 Å². The van der Waals surface area contributed by atoms with Crippen LogP contribution < -0.4 is 0 Å². The molecule has 0 fully saturated rings. The van der Waals surface area contributed by atoms with Crippen LogP contribution in [0, 0.1) is 0 Å². The lowest BCUT2D eigenvalue weighted by atomic mass is 9.91. The van der Waals surface area contributed by atoms with Gasteiger partial charge in [-0.2, -0.15) is 0 Å². The van der Waals surface area contributed by atoms with E-state index in [1.807, 2.05) is 0 Å². The zero-order valence-corrected chi connectivity index (χ0v) is 8.25. The van der Waals surface area contributed by atoms with Gasteiger partial charge in [-0.15, -0.1) is 0 Å². The summed E-state index contributed by atoms with van der Waals surface area (Å²) in [6.07, 6.45) is 5.62. The molecule has 1 aliphatic carbocycles. The summed E-state index contributed by atoms with van der Waals surface area (Å²) >= 11 is 0. The van der Waals surface area contributed by atoms with Crippen molar-refractivity contribution >= 4 is 17.0 Å². The molecular weight excluding hydrogens is 170 g/mol. The minimum Gasteiger partial charge on any atom is -0.355 e. The van der Waals surface area contributed by atoms with Gasteiger partial charge in [0, 0.05) is 16.6 Å². The second kappa shape index (κ2) is 2.74. The third-order valence-electron chi connectivity index (χ3n) is 3.04. The van der Waals surface area contributed by atoms with E-state index in [9.17, 15) is 0 Å². The quantitative estimate of drug-likeness (QED) is 0.641. The molecule has 1 aromatic heterocycles. The fourth-order valence-electron chi connectivity index (χ4n) is 2.35. The van der Waals surface area contributed by atoms with E-state index >= 15 is 0 Å². The number of hydrogen-bond donors (Lipinski definition) is 1. The molecule has 2 aromatic rings. The number of hydrogen-bond acceptors (Lipinski definition) is 0. The highest BCUT2D eigenvalue weighted by molar-refractivity contribution is 5.88. The van der Waals surface area contributed by atoms with Crippen molar-refractivity contribution in [2.45, 2.75) is 19.3 Å². The number of aromatic nitrogens is 1. The first-order valence-electron chi connectivity index (χ1n) is 5.13. The Balaban J connectivity index is 2.40. The van der Waals surface area contributed by atoms with Crippen molar-refractivity contribution in [2.75, 3.05) is 0 Å². The fourth-order valence-corrected chi connectivity index (χ4v) is 2.35. The summed E-state index contributed by atoms with van der Waals surface area (Å²) in [5, 5.41) is 1.39. The standard InChI is InChI=1S/C13H13N/c1-9-5-4-8-12-13(9)10-6-2-3-7-11(10)14-12/h2-4,6-9,14H,5H2,1H3. The number of para-hydroxylation sites is 1. The van der Waals surface area contributed by atoms with Gasteiger partial charge in [0.25, 0.3) is 0 Å². The molecule has 0 saturated heterocycles. The van der Waals surface area contributed by atoms with E-state index in [1.165, 1.54) is 22.2 Å². The van der Waals surface area contributed by atoms with Crippen LogP contribution in [0.4, 0.5) is 0 Å². The van der Waals surface area contributed by atoms with Crippen LogP contribution in [0.5, 0.6) is 0 Å². The number of rotatable bonds is 0. The zero-order chi connectivity index (χ0) is 9.54. The van der Waals surface area contributed by atoms with Gasteiger partial charge in [0.05, 0.1) is 0 Å². The molecule has 1 aromatic carbocycles. The van der Waals surface area contributed by atoms with Crippen molar-refractivity contribution in [3.05, 3.63) is 41.6 Å². The van der Waals surface area contributed by atoms with Gasteiger partial charge in [-0.1, -0.05) is 31.2 Å². The number of benzene rings is 1. The van der Waals surface area contributed by atoms with Crippen molar-refractivity contribution < 1.29 is 0 Å². The van der Waals surface area contributed by atoms with E-state index in [1.54, 1.807) is 0 Å². The minimum absolute atomic E-state index is 0.645. The van der Waals surface area contributed by atoms with Crippen LogP contribution in [-0.4, -0.2) is 4.98 Å². The van der Waals surface area contributed by atoms with Gasteiger partial charge in [-0.05, 0) is 30.0 Å². The van der Waals surface area contributed by atoms with Crippen LogP contribution in [0.25, 0.3) is 17.0 Å². The lowest BCUT2D eigenvalue weighted by molar-refractivity contribution is 0.778. The lowest BCUT2D eigenvalue weighted by Crippen LogP contribution is -1.97. The molecule has 0 bridgehead atoms. The molecule has 0 radical (unpaired) electrons. The predicted molar refractivity (Wildman–Crippen MR) is 60.4 cm³/mol. The van der Waals surface area contributed by atoms with Gasteiger partial charge < -0.3 is 4.98 Å². The first-order valence-corrected chi connectivity index (χ1v) is 5.13. The molecule has 1 nitrogen and oxygen atoms in total. The van der Waals surface area contributed by atoms with E-state index < -0.39 is 0 Å². The Kier molecular flexibility index (Phi) is 1.54. The lowest BCUT2D eigenvalue weighted by Gasteiger charge is -2.13. The summed E-state index contributed by atoms with van der Waals surface area (Å²) in [5.41, 5.74) is 4.05. The summed E-state index contributed by atoms with van der Waals surface area (Å²) in [6, 6.07) is 8.55. The number of fused-ring (bicyclic) bond motifs is 3. The number of aromatic amines is 1. The molecule has 0 saturated carbocycles. The van der Waals surface area contributed by atoms with Crippen molar-refractivity contribution in [2.24, 2.45) is 0 Å². The highest BCUT2D eigenvalue weighted by Gasteiger charge is 2.17. The van der Waals surface area contributed by atoms with Gasteiger partial charge >= 0.3 is 0 Å². The maximum absolute atomic E-state index is 3.46. The minimum atomic E-state index is 0.645. The molecule has 14 heavy (non-hydrogen) atoms. The molecule has 1 heteroatoms. The van der Waals surface area contributed by atoms with Gasteiger partial charge in [0.15, 0.2) is 0 Å². The van der Waals surface area contributed by atoms with Crippen LogP contribution in [0.15, 0.2) is 30.3 Å². The maximum atomic E-state index is 3.46. The van der Waals surface area contributed by atoms with Gasteiger partial charge in [-0.3, -0.25) is 0 Å². The predicted octanol–water partition coefficient (Wildman–Crippen LogP) is 3.69. The van der Waals surface area contributed by atoms with Crippen LogP contribution >= 0.6 is 0 Å². The second-order valence-electron chi connectivity index (χ2n) is 4.04. The molecule has 1 heterocycles. The number of allylic oxidation sites excluding steroid dienone is 1. The molecule has 0 aliphatic heterocycles. The average Bonchev–Trinajstić information content (AvgIpc) is 2.57. The van der Waals surface area contributed by atoms with Crippen LogP contribution in [0.1, 0.15) is 30.5 Å². The number of nitrogens with one attached hydrogen (secondary N) is 1. The molecule has 0 spiro atoms. The third kappa shape index (κ3) is 0.955. The third-order valence-corrected chi connectivity index (χ3v) is 3.04. The van der Waals surface area contributed by atoms with Gasteiger partial charge in [-0.25, -0.2) is 0 Å². The van der Waals surface area contributed by atoms with Crippen molar-refractivity contribution in [3.63, 3.8) is 0 Å². The molecule has 1 aliphatic rings.